The molecule has 0 aliphatic heterocycles. The lowest BCUT2D eigenvalue weighted by atomic mass is 10.3. The highest BCUT2D eigenvalue weighted by Crippen LogP contribution is 2.36. The van der Waals surface area contributed by atoms with Crippen LogP contribution in [0.25, 0.3) is 0 Å². The van der Waals surface area contributed by atoms with E-state index >= 15 is 0 Å². The second-order valence-electron chi connectivity index (χ2n) is 3.73. The van der Waals surface area contributed by atoms with Gasteiger partial charge in [0, 0.05) is 29.3 Å². The van der Waals surface area contributed by atoms with Crippen molar-refractivity contribution in [1.82, 2.24) is 9.97 Å². The predicted octanol–water partition coefficient (Wildman–Crippen LogP) is 4.69. The van der Waals surface area contributed by atoms with Crippen molar-refractivity contribution < 1.29 is 4.74 Å². The molecule has 4 nitrogen and oxygen atoms in total. The molecule has 0 bridgehead atoms. The molecular weight excluding hydrogens is 353 g/mol. The summed E-state index contributed by atoms with van der Waals surface area (Å²) in [6.07, 6.45) is 1.67. The molecule has 7 heteroatoms. The Kier molecular flexibility index (Phi) is 4.50. The van der Waals surface area contributed by atoms with E-state index in [2.05, 4.69) is 31.2 Å². The van der Waals surface area contributed by atoms with Crippen molar-refractivity contribution in [2.45, 2.75) is 6.92 Å². The maximum Gasteiger partial charge on any atom is 0.227 e. The second kappa shape index (κ2) is 5.94. The molecule has 1 aromatic carbocycles. The molecule has 0 unspecified atom stereocenters. The SMILES string of the molecule is CNc1ncc(C)c(Oc2cc(Cl)c(Br)cc2Cl)n1. The molecule has 0 aliphatic carbocycles. The minimum atomic E-state index is 0.430. The standard InChI is InChI=1S/C12H10BrCl2N3O/c1-6-5-17-12(16-2)18-11(6)19-10-4-8(14)7(13)3-9(10)15/h3-5H,1-2H3,(H,16,17,18). The third kappa shape index (κ3) is 3.29. The van der Waals surface area contributed by atoms with Gasteiger partial charge in [0.1, 0.15) is 5.75 Å². The van der Waals surface area contributed by atoms with Crippen LogP contribution in [-0.4, -0.2) is 17.0 Å². The molecule has 19 heavy (non-hydrogen) atoms. The first-order chi connectivity index (χ1) is 9.01. The molecule has 0 spiro atoms. The van der Waals surface area contributed by atoms with Crippen LogP contribution in [0.15, 0.2) is 22.8 Å². The van der Waals surface area contributed by atoms with E-state index in [-0.39, 0.29) is 0 Å². The highest BCUT2D eigenvalue weighted by molar-refractivity contribution is 9.10. The number of hydrogen-bond acceptors (Lipinski definition) is 4. The minimum Gasteiger partial charge on any atom is -0.437 e. The van der Waals surface area contributed by atoms with Crippen LogP contribution in [0.5, 0.6) is 11.6 Å². The summed E-state index contributed by atoms with van der Waals surface area (Å²) in [4.78, 5) is 8.31. The molecule has 2 aromatic rings. The van der Waals surface area contributed by atoms with Gasteiger partial charge in [0.05, 0.1) is 10.0 Å². The van der Waals surface area contributed by atoms with Gasteiger partial charge in [0.15, 0.2) is 0 Å². The topological polar surface area (TPSA) is 47.0 Å². The lowest BCUT2D eigenvalue weighted by molar-refractivity contribution is 0.458. The largest absolute Gasteiger partial charge is 0.437 e. The Labute approximate surface area is 129 Å². The molecule has 0 saturated carbocycles. The smallest absolute Gasteiger partial charge is 0.227 e. The van der Waals surface area contributed by atoms with Gasteiger partial charge in [0.25, 0.3) is 0 Å². The van der Waals surface area contributed by atoms with Crippen LogP contribution in [0, 0.1) is 6.92 Å². The molecule has 0 radical (unpaired) electrons. The van der Waals surface area contributed by atoms with Gasteiger partial charge < -0.3 is 10.1 Å². The number of ether oxygens (including phenoxy) is 1. The van der Waals surface area contributed by atoms with Gasteiger partial charge in [-0.3, -0.25) is 0 Å². The molecule has 0 aliphatic rings. The van der Waals surface area contributed by atoms with Crippen LogP contribution in [0.2, 0.25) is 10.0 Å². The van der Waals surface area contributed by atoms with E-state index in [0.29, 0.717) is 32.1 Å². The van der Waals surface area contributed by atoms with Gasteiger partial charge in [0.2, 0.25) is 11.8 Å². The van der Waals surface area contributed by atoms with E-state index < -0.39 is 0 Å². The maximum atomic E-state index is 6.10. The molecule has 0 amide bonds. The first-order valence-electron chi connectivity index (χ1n) is 5.35. The zero-order valence-electron chi connectivity index (χ0n) is 10.2. The van der Waals surface area contributed by atoms with E-state index in [0.717, 1.165) is 5.56 Å². The Morgan fingerprint density at radius 3 is 2.68 bits per heavy atom. The van der Waals surface area contributed by atoms with Gasteiger partial charge in [-0.2, -0.15) is 4.98 Å². The average Bonchev–Trinajstić information content (AvgIpc) is 2.38. The summed E-state index contributed by atoms with van der Waals surface area (Å²) in [5.74, 6) is 1.35. The van der Waals surface area contributed by atoms with E-state index in [4.69, 9.17) is 27.9 Å². The number of nitrogens with one attached hydrogen (secondary N) is 1. The third-order valence-corrected chi connectivity index (χ3v) is 3.82. The molecule has 1 heterocycles. The van der Waals surface area contributed by atoms with Crippen LogP contribution >= 0.6 is 39.1 Å². The monoisotopic (exact) mass is 361 g/mol. The number of nitrogens with zero attached hydrogens (tertiary/aromatic N) is 2. The number of hydrogen-bond donors (Lipinski definition) is 1. The van der Waals surface area contributed by atoms with Crippen molar-refractivity contribution in [3.63, 3.8) is 0 Å². The minimum absolute atomic E-state index is 0.430. The van der Waals surface area contributed by atoms with Crippen molar-refractivity contribution in [1.29, 1.82) is 0 Å². The molecule has 0 saturated heterocycles. The Morgan fingerprint density at radius 1 is 1.26 bits per heavy atom. The number of aromatic nitrogens is 2. The van der Waals surface area contributed by atoms with Gasteiger partial charge in [-0.1, -0.05) is 23.2 Å². The first kappa shape index (κ1) is 14.4. The van der Waals surface area contributed by atoms with Crippen molar-refractivity contribution in [3.8, 4) is 11.6 Å². The van der Waals surface area contributed by atoms with Crippen molar-refractivity contribution in [3.05, 3.63) is 38.4 Å². The molecule has 1 aromatic heterocycles. The van der Waals surface area contributed by atoms with E-state index in [1.165, 1.54) is 0 Å². The van der Waals surface area contributed by atoms with Crippen molar-refractivity contribution >= 4 is 45.1 Å². The first-order valence-corrected chi connectivity index (χ1v) is 6.90. The fourth-order valence-corrected chi connectivity index (χ4v) is 2.17. The fourth-order valence-electron chi connectivity index (χ4n) is 1.34. The zero-order chi connectivity index (χ0) is 14.0. The van der Waals surface area contributed by atoms with Gasteiger partial charge >= 0.3 is 0 Å². The summed E-state index contributed by atoms with van der Waals surface area (Å²) in [6.45, 7) is 1.85. The molecule has 100 valence electrons. The summed E-state index contributed by atoms with van der Waals surface area (Å²) >= 11 is 15.4. The Hall–Kier alpha value is -1.04. The van der Waals surface area contributed by atoms with Crippen molar-refractivity contribution in [2.24, 2.45) is 0 Å². The predicted molar refractivity (Wildman–Crippen MR) is 80.6 cm³/mol. The number of halogens is 3. The van der Waals surface area contributed by atoms with E-state index in [1.54, 1.807) is 25.4 Å². The molecule has 2 rings (SSSR count). The number of aryl methyl sites for hydroxylation is 1. The van der Waals surface area contributed by atoms with Gasteiger partial charge in [-0.05, 0) is 28.9 Å². The van der Waals surface area contributed by atoms with Gasteiger partial charge in [-0.15, -0.1) is 0 Å². The Morgan fingerprint density at radius 2 is 2.00 bits per heavy atom. The van der Waals surface area contributed by atoms with Crippen LogP contribution in [0.4, 0.5) is 5.95 Å². The van der Waals surface area contributed by atoms with E-state index in [9.17, 15) is 0 Å². The average molecular weight is 363 g/mol. The maximum absolute atomic E-state index is 6.10. The molecule has 0 atom stereocenters. The molecular formula is C12H10BrCl2N3O. The summed E-state index contributed by atoms with van der Waals surface area (Å²) < 4.78 is 6.40. The quantitative estimate of drug-likeness (QED) is 0.804. The second-order valence-corrected chi connectivity index (χ2v) is 5.40. The van der Waals surface area contributed by atoms with Crippen LogP contribution in [0.1, 0.15) is 5.56 Å². The summed E-state index contributed by atoms with van der Waals surface area (Å²) in [6, 6.07) is 3.31. The van der Waals surface area contributed by atoms with Crippen LogP contribution in [-0.2, 0) is 0 Å². The van der Waals surface area contributed by atoms with Crippen LogP contribution < -0.4 is 10.1 Å². The molecule has 0 fully saturated rings. The number of anilines is 1. The Bertz CT molecular complexity index is 622. The van der Waals surface area contributed by atoms with E-state index in [1.807, 2.05) is 6.92 Å². The summed E-state index contributed by atoms with van der Waals surface area (Å²) in [5, 5.41) is 3.81. The highest BCUT2D eigenvalue weighted by atomic mass is 79.9. The summed E-state index contributed by atoms with van der Waals surface area (Å²) in [5.41, 5.74) is 0.800. The Balaban J connectivity index is 2.38. The van der Waals surface area contributed by atoms with Crippen LogP contribution in [0.3, 0.4) is 0 Å². The lowest BCUT2D eigenvalue weighted by Gasteiger charge is -2.10. The summed E-state index contributed by atoms with van der Waals surface area (Å²) in [7, 11) is 1.73. The fraction of sp³-hybridized carbons (Fsp3) is 0.167. The number of benzene rings is 1. The zero-order valence-corrected chi connectivity index (χ0v) is 13.3. The lowest BCUT2D eigenvalue weighted by Crippen LogP contribution is -2.00. The number of rotatable bonds is 3. The van der Waals surface area contributed by atoms with Crippen molar-refractivity contribution in [2.75, 3.05) is 12.4 Å². The molecule has 1 N–H and O–H groups in total. The van der Waals surface area contributed by atoms with Gasteiger partial charge in [-0.25, -0.2) is 4.98 Å². The normalized spacial score (nSPS) is 10.4. The third-order valence-electron chi connectivity index (χ3n) is 2.33. The highest BCUT2D eigenvalue weighted by Gasteiger charge is 2.11.